The molecule has 0 N–H and O–H groups in total. The molecule has 2 aliphatic rings. The summed E-state index contributed by atoms with van der Waals surface area (Å²) in [7, 11) is 0. The predicted molar refractivity (Wildman–Crippen MR) is 139 cm³/mol. The van der Waals surface area contributed by atoms with E-state index in [1.165, 1.54) is 11.1 Å². The molecule has 0 bridgehead atoms. The molecule has 2 heterocycles. The van der Waals surface area contributed by atoms with Crippen molar-refractivity contribution in [3.05, 3.63) is 75.6 Å². The molecule has 189 valence electrons. The topological polar surface area (TPSA) is 77.8 Å². The summed E-state index contributed by atoms with van der Waals surface area (Å²) in [6.07, 6.45) is 1.08. The van der Waals surface area contributed by atoms with Crippen LogP contribution in [-0.2, 0) is 47.0 Å². The van der Waals surface area contributed by atoms with Gasteiger partial charge in [-0.3, -0.25) is 9.69 Å². The number of hydrogen-bond acceptors (Lipinski definition) is 5. The Morgan fingerprint density at radius 3 is 2.50 bits per heavy atom. The molecule has 2 aromatic rings. The molecule has 0 fully saturated rings. The number of rotatable bonds is 6. The molecular formula is C29H35N2O4Y-. The van der Waals surface area contributed by atoms with E-state index in [4.69, 9.17) is 4.74 Å². The van der Waals surface area contributed by atoms with Crippen molar-refractivity contribution in [3.63, 3.8) is 0 Å². The zero-order valence-corrected chi connectivity index (χ0v) is 24.8. The van der Waals surface area contributed by atoms with Crippen molar-refractivity contribution in [1.82, 2.24) is 4.90 Å². The smallest absolute Gasteiger partial charge is 0.335 e. The molecule has 2 aliphatic heterocycles. The second-order valence-electron chi connectivity index (χ2n) is 8.68. The van der Waals surface area contributed by atoms with Gasteiger partial charge in [-0.1, -0.05) is 56.3 Å². The molecule has 0 aliphatic carbocycles. The minimum absolute atomic E-state index is 0. The van der Waals surface area contributed by atoms with E-state index in [9.17, 15) is 14.4 Å². The monoisotopic (exact) mass is 564 g/mol. The van der Waals surface area contributed by atoms with Gasteiger partial charge in [-0.05, 0) is 62.4 Å². The van der Waals surface area contributed by atoms with Gasteiger partial charge in [0.05, 0.1) is 24.0 Å². The van der Waals surface area contributed by atoms with Gasteiger partial charge in [0.1, 0.15) is 0 Å². The fraction of sp³-hybridized carbons (Fsp3) is 0.414. The molecular weight excluding hydrogens is 529 g/mol. The van der Waals surface area contributed by atoms with Crippen molar-refractivity contribution in [2.24, 2.45) is 5.92 Å². The second kappa shape index (κ2) is 14.0. The largest absolute Gasteiger partial charge is 0.626 e. The van der Waals surface area contributed by atoms with Crippen LogP contribution in [0.3, 0.4) is 0 Å². The molecule has 6 nitrogen and oxygen atoms in total. The number of nitrogens with zero attached hydrogens (tertiary/aromatic N) is 2. The summed E-state index contributed by atoms with van der Waals surface area (Å²) in [5, 5.41) is 4.11. The van der Waals surface area contributed by atoms with Gasteiger partial charge >= 0.3 is 5.97 Å². The van der Waals surface area contributed by atoms with E-state index in [0.717, 1.165) is 17.7 Å². The number of Topliss-reactive ketones (excluding diaryl/α,β-unsaturated/α-hetero) is 1. The average Bonchev–Trinajstić information content (AvgIpc) is 2.87. The van der Waals surface area contributed by atoms with Crippen LogP contribution in [0, 0.1) is 19.8 Å². The van der Waals surface area contributed by atoms with E-state index in [2.05, 4.69) is 42.3 Å². The van der Waals surface area contributed by atoms with Crippen LogP contribution < -0.4 is 0 Å². The number of fused-ring (bicyclic) bond motifs is 1. The van der Waals surface area contributed by atoms with E-state index in [1.54, 1.807) is 31.2 Å². The average molecular weight is 565 g/mol. The molecule has 0 saturated heterocycles. The van der Waals surface area contributed by atoms with Crippen LogP contribution in [0.1, 0.15) is 60.7 Å². The van der Waals surface area contributed by atoms with Gasteiger partial charge in [0.15, 0.2) is 5.78 Å². The fourth-order valence-corrected chi connectivity index (χ4v) is 4.51. The quantitative estimate of drug-likeness (QED) is 0.328. The predicted octanol–water partition coefficient (Wildman–Crippen LogP) is 5.78. The first-order valence-corrected chi connectivity index (χ1v) is 12.5. The number of hydrogen-bond donors (Lipinski definition) is 0. The Balaban J connectivity index is 0.00000148. The molecule has 2 aromatic carbocycles. The number of amides is 1. The summed E-state index contributed by atoms with van der Waals surface area (Å²) in [5.74, 6) is -1.62. The van der Waals surface area contributed by atoms with Crippen LogP contribution in [0.15, 0.2) is 48.0 Å². The maximum absolute atomic E-state index is 12.9. The van der Waals surface area contributed by atoms with Gasteiger partial charge in [0, 0.05) is 51.4 Å². The number of aryl methyl sites for hydroxylation is 2. The van der Waals surface area contributed by atoms with Crippen molar-refractivity contribution >= 4 is 28.9 Å². The summed E-state index contributed by atoms with van der Waals surface area (Å²) in [6.45, 7) is 12.0. The fourth-order valence-electron chi connectivity index (χ4n) is 4.51. The molecule has 0 aromatic heterocycles. The molecule has 36 heavy (non-hydrogen) atoms. The van der Waals surface area contributed by atoms with Crippen LogP contribution in [-0.4, -0.2) is 48.8 Å². The second-order valence-corrected chi connectivity index (χ2v) is 8.68. The minimum Gasteiger partial charge on any atom is -0.626 e. The van der Waals surface area contributed by atoms with Crippen molar-refractivity contribution in [2.75, 3.05) is 26.2 Å². The number of carbonyl (C=O) groups excluding carboxylic acids is 3. The minimum atomic E-state index is -0.768. The third-order valence-electron chi connectivity index (χ3n) is 6.55. The van der Waals surface area contributed by atoms with Crippen LogP contribution >= 0.6 is 0 Å². The van der Waals surface area contributed by atoms with Gasteiger partial charge < -0.3 is 14.8 Å². The van der Waals surface area contributed by atoms with E-state index in [-0.39, 0.29) is 50.4 Å². The van der Waals surface area contributed by atoms with Crippen molar-refractivity contribution in [3.8, 4) is 0 Å². The Morgan fingerprint density at radius 2 is 1.81 bits per heavy atom. The van der Waals surface area contributed by atoms with Gasteiger partial charge in [-0.25, -0.2) is 4.79 Å². The number of ether oxygens (including phenoxy) is 1. The summed E-state index contributed by atoms with van der Waals surface area (Å²) >= 11 is 0. The molecule has 0 saturated carbocycles. The van der Waals surface area contributed by atoms with Crippen LogP contribution in [0.4, 0.5) is 5.69 Å². The first-order chi connectivity index (χ1) is 16.9. The Kier molecular flexibility index (Phi) is 11.7. The molecule has 1 atom stereocenters. The third kappa shape index (κ3) is 6.78. The molecule has 1 radical (unpaired) electrons. The Hall–Kier alpha value is -2.15. The molecule has 4 rings (SSSR count). The third-order valence-corrected chi connectivity index (χ3v) is 6.55. The normalized spacial score (nSPS) is 17.3. The van der Waals surface area contributed by atoms with E-state index >= 15 is 0 Å². The molecule has 1 amide bonds. The number of benzene rings is 2. The van der Waals surface area contributed by atoms with E-state index in [0.29, 0.717) is 49.4 Å². The zero-order chi connectivity index (χ0) is 25.5. The van der Waals surface area contributed by atoms with Gasteiger partial charge in [-0.2, -0.15) is 0 Å². The van der Waals surface area contributed by atoms with Crippen molar-refractivity contribution in [1.29, 1.82) is 0 Å². The zero-order valence-electron chi connectivity index (χ0n) is 22.0. The molecule has 1 unspecified atom stereocenters. The summed E-state index contributed by atoms with van der Waals surface area (Å²) in [5.41, 5.74) is 6.07. The first-order valence-electron chi connectivity index (χ1n) is 12.5. The van der Waals surface area contributed by atoms with Crippen LogP contribution in [0.2, 0.25) is 0 Å². The van der Waals surface area contributed by atoms with Crippen molar-refractivity contribution in [2.45, 2.75) is 47.5 Å². The van der Waals surface area contributed by atoms with Gasteiger partial charge in [0.25, 0.3) is 0 Å². The van der Waals surface area contributed by atoms with Crippen molar-refractivity contribution < 1.29 is 51.8 Å². The SMILES string of the molecule is CC.CCOC(=O)C1=C(c2ccc(C)c(C)c2)CCN(CCC2C(=O)[N-]c3ccccc3C2=O)C1.[Y]. The van der Waals surface area contributed by atoms with Gasteiger partial charge in [0.2, 0.25) is 0 Å². The van der Waals surface area contributed by atoms with E-state index in [1.807, 2.05) is 13.8 Å². The maximum atomic E-state index is 12.9. The molecule has 0 spiro atoms. The van der Waals surface area contributed by atoms with Gasteiger partial charge in [-0.15, -0.1) is 5.69 Å². The van der Waals surface area contributed by atoms with Crippen LogP contribution in [0.5, 0.6) is 0 Å². The maximum Gasteiger partial charge on any atom is 0.335 e. The number of carbonyl (C=O) groups is 3. The summed E-state index contributed by atoms with van der Waals surface area (Å²) in [6, 6.07) is 13.2. The number of esters is 1. The number of para-hydroxylation sites is 1. The Bertz CT molecular complexity index is 1140. The summed E-state index contributed by atoms with van der Waals surface area (Å²) < 4.78 is 5.36. The first kappa shape index (κ1) is 30.1. The number of ketones is 1. The molecule has 7 heteroatoms. The van der Waals surface area contributed by atoms with Crippen LogP contribution in [0.25, 0.3) is 10.9 Å². The summed E-state index contributed by atoms with van der Waals surface area (Å²) in [4.78, 5) is 40.3. The van der Waals surface area contributed by atoms with E-state index < -0.39 is 5.92 Å². The Labute approximate surface area is 239 Å². The standard InChI is InChI=1S/C27H30N2O4.C2H6.Y/c1-4-33-27(32)23-16-29(13-11-20(23)19-10-9-17(2)18(3)15-19)14-12-22-25(30)21-7-5-6-8-24(21)28-26(22)31;1-2;/h5-10,15,22H,4,11-14,16H2,1-3H3,(H,28,30,31);1-2H3;/p-1. The Morgan fingerprint density at radius 1 is 1.08 bits per heavy atom.